The minimum atomic E-state index is -0.986. The molecule has 1 aliphatic rings. The third-order valence-corrected chi connectivity index (χ3v) is 2.03. The zero-order chi connectivity index (χ0) is 11.3. The number of carboxylic acids is 1. The molecule has 2 N–H and O–H groups in total. The summed E-state index contributed by atoms with van der Waals surface area (Å²) < 4.78 is 4.73. The topological polar surface area (TPSA) is 70.1 Å². The molecular formula is C10H11ClO4. The van der Waals surface area contributed by atoms with Gasteiger partial charge in [-0.1, -0.05) is 0 Å². The van der Waals surface area contributed by atoms with E-state index in [9.17, 15) is 4.79 Å². The summed E-state index contributed by atoms with van der Waals surface area (Å²) in [5, 5.41) is 17.1. The van der Waals surface area contributed by atoms with E-state index < -0.39 is 5.97 Å². The fraction of sp³-hybridized carbons (Fsp3) is 0.300. The quantitative estimate of drug-likeness (QED) is 0.600. The number of phenolic OH excluding ortho intramolecular Hbond substituents is 1. The van der Waals surface area contributed by atoms with E-state index in [2.05, 4.69) is 0 Å². The molecule has 2 rings (SSSR count). The molecule has 0 spiro atoms. The van der Waals surface area contributed by atoms with Crippen LogP contribution < -0.4 is 0 Å². The number of aromatic carboxylic acids is 1. The number of alkyl halides is 1. The third kappa shape index (κ3) is 4.67. The van der Waals surface area contributed by atoms with Crippen molar-refractivity contribution >= 4 is 17.6 Å². The molecule has 0 saturated carbocycles. The highest BCUT2D eigenvalue weighted by molar-refractivity contribution is 6.18. The Labute approximate surface area is 92.1 Å². The van der Waals surface area contributed by atoms with Crippen LogP contribution in [0.1, 0.15) is 10.4 Å². The Morgan fingerprint density at radius 2 is 2.00 bits per heavy atom. The molecule has 1 aliphatic heterocycles. The van der Waals surface area contributed by atoms with E-state index in [-0.39, 0.29) is 11.3 Å². The van der Waals surface area contributed by atoms with E-state index in [1.807, 2.05) is 0 Å². The van der Waals surface area contributed by atoms with E-state index in [0.29, 0.717) is 12.0 Å². The number of ether oxygens (including phenoxy) is 1. The van der Waals surface area contributed by atoms with Crippen LogP contribution in [-0.4, -0.2) is 34.8 Å². The summed E-state index contributed by atoms with van der Waals surface area (Å²) in [7, 11) is 0. The Kier molecular flexibility index (Phi) is 4.39. The van der Waals surface area contributed by atoms with E-state index in [1.54, 1.807) is 0 Å². The van der Waals surface area contributed by atoms with Crippen molar-refractivity contribution in [3.63, 3.8) is 0 Å². The number of aromatic hydroxyl groups is 1. The maximum absolute atomic E-state index is 10.2. The molecule has 5 heteroatoms. The highest BCUT2D eigenvalue weighted by Crippen LogP contribution is 2.09. The molecule has 0 aliphatic carbocycles. The van der Waals surface area contributed by atoms with Crippen molar-refractivity contribution in [2.45, 2.75) is 6.10 Å². The van der Waals surface area contributed by atoms with Crippen LogP contribution >= 0.6 is 11.6 Å². The van der Waals surface area contributed by atoms with Gasteiger partial charge in [-0.05, 0) is 24.3 Å². The first-order valence-electron chi connectivity index (χ1n) is 4.33. The lowest BCUT2D eigenvalue weighted by Crippen LogP contribution is -1.93. The van der Waals surface area contributed by atoms with Gasteiger partial charge in [0.15, 0.2) is 0 Å². The molecular weight excluding hydrogens is 220 g/mol. The summed E-state index contributed by atoms with van der Waals surface area (Å²) in [5.41, 5.74) is 0.179. The van der Waals surface area contributed by atoms with E-state index in [1.165, 1.54) is 24.3 Å². The predicted molar refractivity (Wildman–Crippen MR) is 55.5 cm³/mol. The number of halogens is 1. The van der Waals surface area contributed by atoms with Crippen molar-refractivity contribution in [2.24, 2.45) is 0 Å². The molecule has 82 valence electrons. The summed E-state index contributed by atoms with van der Waals surface area (Å²) in [5.74, 6) is -0.245. The number of rotatable bonds is 2. The Balaban J connectivity index is 0.000000187. The van der Waals surface area contributed by atoms with Crippen molar-refractivity contribution in [1.29, 1.82) is 0 Å². The van der Waals surface area contributed by atoms with Gasteiger partial charge in [-0.15, -0.1) is 11.6 Å². The summed E-state index contributed by atoms with van der Waals surface area (Å²) in [6, 6.07) is 5.36. The highest BCUT2D eigenvalue weighted by atomic mass is 35.5. The third-order valence-electron chi connectivity index (χ3n) is 1.69. The Bertz CT molecular complexity index is 319. The first-order valence-corrected chi connectivity index (χ1v) is 4.87. The van der Waals surface area contributed by atoms with Gasteiger partial charge in [0.1, 0.15) is 5.75 Å². The molecule has 4 nitrogen and oxygen atoms in total. The number of carboxylic acid groups (broad SMARTS) is 1. The maximum Gasteiger partial charge on any atom is 0.335 e. The molecule has 1 aromatic carbocycles. The number of phenols is 1. The minimum Gasteiger partial charge on any atom is -0.508 e. The van der Waals surface area contributed by atoms with E-state index >= 15 is 0 Å². The second-order valence-electron chi connectivity index (χ2n) is 2.96. The lowest BCUT2D eigenvalue weighted by molar-refractivity contribution is 0.0697. The zero-order valence-electron chi connectivity index (χ0n) is 7.89. The first-order chi connectivity index (χ1) is 7.13. The molecule has 0 bridgehead atoms. The van der Waals surface area contributed by atoms with Gasteiger partial charge in [0.2, 0.25) is 0 Å². The number of hydrogen-bond acceptors (Lipinski definition) is 3. The van der Waals surface area contributed by atoms with Gasteiger partial charge < -0.3 is 14.9 Å². The van der Waals surface area contributed by atoms with Crippen LogP contribution in [-0.2, 0) is 4.74 Å². The van der Waals surface area contributed by atoms with Gasteiger partial charge in [-0.2, -0.15) is 0 Å². The molecule has 0 amide bonds. The number of benzene rings is 1. The van der Waals surface area contributed by atoms with Crippen LogP contribution in [0, 0.1) is 0 Å². The minimum absolute atomic E-state index is 0.0741. The average Bonchev–Trinajstić information content (AvgIpc) is 3.02. The Morgan fingerprint density at radius 1 is 1.47 bits per heavy atom. The molecule has 1 heterocycles. The normalized spacial score (nSPS) is 17.5. The van der Waals surface area contributed by atoms with Gasteiger partial charge >= 0.3 is 5.97 Å². The van der Waals surface area contributed by atoms with Crippen molar-refractivity contribution in [3.05, 3.63) is 29.8 Å². The average molecular weight is 231 g/mol. The molecule has 0 radical (unpaired) electrons. The summed E-state index contributed by atoms with van der Waals surface area (Å²) in [6.45, 7) is 0.878. The SMILES string of the molecule is ClCC1CO1.O=C(O)c1ccc(O)cc1. The van der Waals surface area contributed by atoms with Crippen LogP contribution in [0.3, 0.4) is 0 Å². The second-order valence-corrected chi connectivity index (χ2v) is 3.27. The standard InChI is InChI=1S/C7H6O3.C3H5ClO/c8-6-3-1-5(2-4-6)7(9)10;4-1-3-2-5-3/h1-4,8H,(H,9,10);3H,1-2H2. The maximum atomic E-state index is 10.2. The number of carbonyl (C=O) groups is 1. The van der Waals surface area contributed by atoms with E-state index in [4.69, 9.17) is 26.6 Å². The Morgan fingerprint density at radius 3 is 2.27 bits per heavy atom. The molecule has 15 heavy (non-hydrogen) atoms. The van der Waals surface area contributed by atoms with Crippen LogP contribution in [0.5, 0.6) is 5.75 Å². The fourth-order valence-corrected chi connectivity index (χ4v) is 0.939. The molecule has 1 fully saturated rings. The van der Waals surface area contributed by atoms with E-state index in [0.717, 1.165) is 6.61 Å². The number of epoxide rings is 1. The first kappa shape index (κ1) is 11.8. The summed E-state index contributed by atoms with van der Waals surface area (Å²) in [4.78, 5) is 10.2. The predicted octanol–water partition coefficient (Wildman–Crippen LogP) is 1.71. The lowest BCUT2D eigenvalue weighted by atomic mass is 10.2. The highest BCUT2D eigenvalue weighted by Gasteiger charge is 2.19. The Hall–Kier alpha value is -1.26. The van der Waals surface area contributed by atoms with Crippen LogP contribution in [0.2, 0.25) is 0 Å². The van der Waals surface area contributed by atoms with Gasteiger partial charge in [0.25, 0.3) is 0 Å². The van der Waals surface area contributed by atoms with Crippen molar-refractivity contribution < 1.29 is 19.7 Å². The largest absolute Gasteiger partial charge is 0.508 e. The van der Waals surface area contributed by atoms with Gasteiger partial charge in [0.05, 0.1) is 24.2 Å². The van der Waals surface area contributed by atoms with Crippen LogP contribution in [0.4, 0.5) is 0 Å². The molecule has 1 atom stereocenters. The van der Waals surface area contributed by atoms with Gasteiger partial charge in [-0.3, -0.25) is 0 Å². The lowest BCUT2D eigenvalue weighted by Gasteiger charge is -1.92. The van der Waals surface area contributed by atoms with Crippen molar-refractivity contribution in [2.75, 3.05) is 12.5 Å². The monoisotopic (exact) mass is 230 g/mol. The number of hydrogen-bond donors (Lipinski definition) is 2. The van der Waals surface area contributed by atoms with Gasteiger partial charge in [0, 0.05) is 0 Å². The van der Waals surface area contributed by atoms with Crippen molar-refractivity contribution in [1.82, 2.24) is 0 Å². The smallest absolute Gasteiger partial charge is 0.335 e. The van der Waals surface area contributed by atoms with Crippen LogP contribution in [0.15, 0.2) is 24.3 Å². The summed E-state index contributed by atoms with van der Waals surface area (Å²) in [6.07, 6.45) is 0.400. The zero-order valence-corrected chi connectivity index (χ0v) is 8.65. The van der Waals surface area contributed by atoms with Crippen molar-refractivity contribution in [3.8, 4) is 5.75 Å². The summed E-state index contributed by atoms with van der Waals surface area (Å²) >= 11 is 5.27. The van der Waals surface area contributed by atoms with Crippen LogP contribution in [0.25, 0.3) is 0 Å². The second kappa shape index (κ2) is 5.58. The molecule has 1 unspecified atom stereocenters. The molecule has 1 aromatic rings. The molecule has 1 saturated heterocycles. The fourth-order valence-electron chi connectivity index (χ4n) is 0.761. The molecule has 0 aromatic heterocycles. The van der Waals surface area contributed by atoms with Gasteiger partial charge in [-0.25, -0.2) is 4.79 Å².